The zero-order valence-electron chi connectivity index (χ0n) is 12.0. The van der Waals surface area contributed by atoms with E-state index in [1.54, 1.807) is 11.6 Å². The number of aryl methyl sites for hydroxylation is 2. The molecule has 0 radical (unpaired) electrons. The van der Waals surface area contributed by atoms with E-state index in [2.05, 4.69) is 10.4 Å². The van der Waals surface area contributed by atoms with E-state index in [0.29, 0.717) is 40.9 Å². The van der Waals surface area contributed by atoms with Gasteiger partial charge >= 0.3 is 0 Å². The lowest BCUT2D eigenvalue weighted by molar-refractivity contribution is 0.0943. The highest BCUT2D eigenvalue weighted by molar-refractivity contribution is 6.34. The Morgan fingerprint density at radius 2 is 2.14 bits per heavy atom. The lowest BCUT2D eigenvalue weighted by Crippen LogP contribution is -2.28. The van der Waals surface area contributed by atoms with E-state index in [9.17, 15) is 4.79 Å². The van der Waals surface area contributed by atoms with Gasteiger partial charge in [0.1, 0.15) is 5.69 Å². The van der Waals surface area contributed by atoms with Gasteiger partial charge in [-0.3, -0.25) is 9.48 Å². The van der Waals surface area contributed by atoms with Crippen molar-refractivity contribution in [2.24, 2.45) is 0 Å². The van der Waals surface area contributed by atoms with Crippen molar-refractivity contribution in [3.8, 4) is 0 Å². The number of rotatable bonds is 5. The summed E-state index contributed by atoms with van der Waals surface area (Å²) >= 11 is 12.1. The van der Waals surface area contributed by atoms with Crippen molar-refractivity contribution in [3.63, 3.8) is 0 Å². The van der Waals surface area contributed by atoms with Crippen LogP contribution in [0.1, 0.15) is 28.7 Å². The van der Waals surface area contributed by atoms with E-state index in [1.165, 1.54) is 0 Å². The molecule has 0 spiro atoms. The molecular formula is C15H17Cl2N3O. The van der Waals surface area contributed by atoms with Gasteiger partial charge in [-0.25, -0.2) is 0 Å². The van der Waals surface area contributed by atoms with Gasteiger partial charge < -0.3 is 5.32 Å². The van der Waals surface area contributed by atoms with E-state index in [1.807, 2.05) is 31.2 Å². The maximum absolute atomic E-state index is 12.2. The summed E-state index contributed by atoms with van der Waals surface area (Å²) in [6, 6.07) is 7.59. The summed E-state index contributed by atoms with van der Waals surface area (Å²) in [6.07, 6.45) is 0.711. The Kier molecular flexibility index (Phi) is 5.26. The molecule has 1 aromatic carbocycles. The summed E-state index contributed by atoms with van der Waals surface area (Å²) in [7, 11) is 0. The second kappa shape index (κ2) is 6.96. The average molecular weight is 326 g/mol. The Hall–Kier alpha value is -1.52. The first kappa shape index (κ1) is 15.9. The molecule has 1 aromatic heterocycles. The molecule has 0 fully saturated rings. The van der Waals surface area contributed by atoms with Crippen LogP contribution in [0.3, 0.4) is 0 Å². The lowest BCUT2D eigenvalue weighted by Gasteiger charge is -2.07. The van der Waals surface area contributed by atoms with Crippen LogP contribution in [0.25, 0.3) is 0 Å². The van der Waals surface area contributed by atoms with E-state index < -0.39 is 0 Å². The maximum Gasteiger partial charge on any atom is 0.271 e. The Bertz CT molecular complexity index is 652. The molecule has 112 valence electrons. The molecule has 6 heteroatoms. The molecule has 4 nitrogen and oxygen atoms in total. The first-order chi connectivity index (χ1) is 10.0. The smallest absolute Gasteiger partial charge is 0.271 e. The van der Waals surface area contributed by atoms with Crippen LogP contribution in [0.4, 0.5) is 0 Å². The van der Waals surface area contributed by atoms with Gasteiger partial charge in [0.15, 0.2) is 0 Å². The monoisotopic (exact) mass is 325 g/mol. The van der Waals surface area contributed by atoms with Crippen LogP contribution in [0.5, 0.6) is 0 Å². The largest absolute Gasteiger partial charge is 0.350 e. The zero-order valence-corrected chi connectivity index (χ0v) is 13.5. The van der Waals surface area contributed by atoms with Crippen LogP contribution in [-0.2, 0) is 13.0 Å². The normalized spacial score (nSPS) is 10.7. The van der Waals surface area contributed by atoms with Crippen LogP contribution in [-0.4, -0.2) is 22.2 Å². The zero-order chi connectivity index (χ0) is 15.4. The van der Waals surface area contributed by atoms with E-state index in [4.69, 9.17) is 23.2 Å². The molecule has 0 aliphatic heterocycles. The molecule has 0 atom stereocenters. The summed E-state index contributed by atoms with van der Waals surface area (Å²) in [5.74, 6) is -0.204. The topological polar surface area (TPSA) is 46.9 Å². The highest BCUT2D eigenvalue weighted by atomic mass is 35.5. The van der Waals surface area contributed by atoms with Gasteiger partial charge in [0, 0.05) is 18.1 Å². The minimum atomic E-state index is -0.204. The van der Waals surface area contributed by atoms with Crippen molar-refractivity contribution in [3.05, 3.63) is 51.3 Å². The number of carbonyl (C=O) groups is 1. The molecule has 0 unspecified atom stereocenters. The number of nitrogens with one attached hydrogen (secondary N) is 1. The molecule has 21 heavy (non-hydrogen) atoms. The van der Waals surface area contributed by atoms with Gasteiger partial charge in [0.2, 0.25) is 0 Å². The third-order valence-corrected chi connectivity index (χ3v) is 3.84. The number of amides is 1. The predicted octanol–water partition coefficient (Wildman–Crippen LogP) is 3.49. The molecule has 0 aliphatic rings. The van der Waals surface area contributed by atoms with Crippen LogP contribution >= 0.6 is 23.2 Å². The van der Waals surface area contributed by atoms with Crippen molar-refractivity contribution >= 4 is 29.1 Å². The molecule has 2 rings (SSSR count). The molecule has 1 heterocycles. The van der Waals surface area contributed by atoms with E-state index in [-0.39, 0.29) is 5.91 Å². The number of benzene rings is 1. The lowest BCUT2D eigenvalue weighted by atomic mass is 10.1. The number of hydrogen-bond acceptors (Lipinski definition) is 2. The van der Waals surface area contributed by atoms with Gasteiger partial charge in [-0.2, -0.15) is 5.10 Å². The van der Waals surface area contributed by atoms with E-state index >= 15 is 0 Å². The Morgan fingerprint density at radius 3 is 2.81 bits per heavy atom. The van der Waals surface area contributed by atoms with Gasteiger partial charge in [-0.05, 0) is 38.0 Å². The van der Waals surface area contributed by atoms with Crippen molar-refractivity contribution < 1.29 is 4.79 Å². The molecule has 1 amide bonds. The predicted molar refractivity (Wildman–Crippen MR) is 85.1 cm³/mol. The fourth-order valence-electron chi connectivity index (χ4n) is 2.10. The molecular weight excluding hydrogens is 309 g/mol. The quantitative estimate of drug-likeness (QED) is 0.914. The fourth-order valence-corrected chi connectivity index (χ4v) is 2.54. The third kappa shape index (κ3) is 3.77. The van der Waals surface area contributed by atoms with Crippen molar-refractivity contribution in [2.75, 3.05) is 6.54 Å². The Balaban J connectivity index is 1.99. The summed E-state index contributed by atoms with van der Waals surface area (Å²) < 4.78 is 1.62. The second-order valence-electron chi connectivity index (χ2n) is 4.70. The molecule has 2 aromatic rings. The molecule has 0 saturated heterocycles. The van der Waals surface area contributed by atoms with Crippen LogP contribution in [0, 0.1) is 6.92 Å². The standard InChI is InChI=1S/C15H17Cl2N3O/c1-3-20-14(13(17)10(2)19-20)15(21)18-8-7-11-5-4-6-12(16)9-11/h4-6,9H,3,7-8H2,1-2H3,(H,18,21). The van der Waals surface area contributed by atoms with E-state index in [0.717, 1.165) is 5.56 Å². The molecule has 0 saturated carbocycles. The number of aromatic nitrogens is 2. The second-order valence-corrected chi connectivity index (χ2v) is 5.51. The minimum Gasteiger partial charge on any atom is -0.350 e. The third-order valence-electron chi connectivity index (χ3n) is 3.16. The number of nitrogens with zero attached hydrogens (tertiary/aromatic N) is 2. The summed E-state index contributed by atoms with van der Waals surface area (Å²) in [4.78, 5) is 12.2. The maximum atomic E-state index is 12.2. The first-order valence-corrected chi connectivity index (χ1v) is 7.54. The van der Waals surface area contributed by atoms with Gasteiger partial charge in [-0.15, -0.1) is 0 Å². The highest BCUT2D eigenvalue weighted by Gasteiger charge is 2.19. The first-order valence-electron chi connectivity index (χ1n) is 6.78. The molecule has 1 N–H and O–H groups in total. The van der Waals surface area contributed by atoms with Crippen molar-refractivity contribution in [1.82, 2.24) is 15.1 Å². The summed E-state index contributed by atoms with van der Waals surface area (Å²) in [6.45, 7) is 4.83. The highest BCUT2D eigenvalue weighted by Crippen LogP contribution is 2.20. The minimum absolute atomic E-state index is 0.204. The van der Waals surface area contributed by atoms with Gasteiger partial charge in [-0.1, -0.05) is 35.3 Å². The fraction of sp³-hybridized carbons (Fsp3) is 0.333. The van der Waals surface area contributed by atoms with Crippen LogP contribution < -0.4 is 5.32 Å². The van der Waals surface area contributed by atoms with Crippen molar-refractivity contribution in [1.29, 1.82) is 0 Å². The van der Waals surface area contributed by atoms with Gasteiger partial charge in [0.25, 0.3) is 5.91 Å². The summed E-state index contributed by atoms with van der Waals surface area (Å²) in [5, 5.41) is 8.21. The average Bonchev–Trinajstić information content (AvgIpc) is 2.74. The van der Waals surface area contributed by atoms with Crippen LogP contribution in [0.15, 0.2) is 24.3 Å². The Labute approximate surface area is 134 Å². The molecule has 0 aliphatic carbocycles. The van der Waals surface area contributed by atoms with Gasteiger partial charge in [0.05, 0.1) is 10.7 Å². The SMILES string of the molecule is CCn1nc(C)c(Cl)c1C(=O)NCCc1cccc(Cl)c1. The van der Waals surface area contributed by atoms with Crippen LogP contribution in [0.2, 0.25) is 10.0 Å². The number of carbonyl (C=O) groups excluding carboxylic acids is 1. The summed E-state index contributed by atoms with van der Waals surface area (Å²) in [5.41, 5.74) is 2.16. The Morgan fingerprint density at radius 1 is 1.38 bits per heavy atom. The molecule has 0 bridgehead atoms. The van der Waals surface area contributed by atoms with Crippen molar-refractivity contribution in [2.45, 2.75) is 26.8 Å². The number of hydrogen-bond donors (Lipinski definition) is 1. The number of halogens is 2.